The van der Waals surface area contributed by atoms with Crippen LogP contribution < -0.4 is 14.5 Å². The van der Waals surface area contributed by atoms with Gasteiger partial charge in [0.2, 0.25) is 0 Å². The van der Waals surface area contributed by atoms with Gasteiger partial charge in [-0.3, -0.25) is 0 Å². The summed E-state index contributed by atoms with van der Waals surface area (Å²) in [6.45, 7) is 4.68. The van der Waals surface area contributed by atoms with Gasteiger partial charge in [-0.2, -0.15) is 0 Å². The molecule has 0 N–H and O–H groups in total. The summed E-state index contributed by atoms with van der Waals surface area (Å²) in [5.41, 5.74) is 18.4. The molecule has 1 heterocycles. The molecular weight excluding hydrogens is 813 g/mol. The third kappa shape index (κ3) is 6.65. The molecule has 10 aromatic carbocycles. The van der Waals surface area contributed by atoms with E-state index in [1.807, 2.05) is 0 Å². The second-order valence-electron chi connectivity index (χ2n) is 18.0. The highest BCUT2D eigenvalue weighted by atomic mass is 16.5. The van der Waals surface area contributed by atoms with Crippen molar-refractivity contribution >= 4 is 34.1 Å². The van der Waals surface area contributed by atoms with E-state index in [9.17, 15) is 0 Å². The molecule has 10 aromatic rings. The molecule has 0 bridgehead atoms. The molecule has 1 aliphatic carbocycles. The zero-order valence-corrected chi connectivity index (χ0v) is 37.6. The third-order valence-electron chi connectivity index (χ3n) is 13.9. The highest BCUT2D eigenvalue weighted by molar-refractivity contribution is 5.92. The maximum Gasteiger partial charge on any atom is 0.185 e. The molecule has 1 atom stereocenters. The summed E-state index contributed by atoms with van der Waals surface area (Å²) in [6.07, 6.45) is 0. The summed E-state index contributed by atoms with van der Waals surface area (Å²) in [4.78, 5) is 4.72. The second-order valence-corrected chi connectivity index (χ2v) is 18.0. The number of para-hydroxylation sites is 3. The van der Waals surface area contributed by atoms with E-state index in [1.165, 1.54) is 27.8 Å². The summed E-state index contributed by atoms with van der Waals surface area (Å²) >= 11 is 0. The number of nitrogens with zero attached hydrogens (tertiary/aromatic N) is 2. The lowest BCUT2D eigenvalue weighted by atomic mass is 9.75. The molecule has 0 amide bonds. The molecular formula is C64H48N2O. The Labute approximate surface area is 393 Å². The van der Waals surface area contributed by atoms with Crippen LogP contribution in [-0.2, 0) is 11.0 Å². The molecule has 1 aliphatic heterocycles. The fourth-order valence-electron chi connectivity index (χ4n) is 10.7. The Morgan fingerprint density at radius 2 is 0.776 bits per heavy atom. The lowest BCUT2D eigenvalue weighted by molar-refractivity contribution is 0.152. The predicted octanol–water partition coefficient (Wildman–Crippen LogP) is 17.0. The van der Waals surface area contributed by atoms with Gasteiger partial charge in [-0.1, -0.05) is 196 Å². The van der Waals surface area contributed by atoms with Crippen molar-refractivity contribution in [2.45, 2.75) is 24.9 Å². The second kappa shape index (κ2) is 16.2. The van der Waals surface area contributed by atoms with Crippen LogP contribution in [0.15, 0.2) is 255 Å². The first-order valence-electron chi connectivity index (χ1n) is 23.2. The monoisotopic (exact) mass is 860 g/mol. The fourth-order valence-corrected chi connectivity index (χ4v) is 10.7. The van der Waals surface area contributed by atoms with E-state index in [-0.39, 0.29) is 5.41 Å². The van der Waals surface area contributed by atoms with Gasteiger partial charge in [0.15, 0.2) is 5.60 Å². The van der Waals surface area contributed by atoms with Crippen LogP contribution in [0.25, 0.3) is 33.4 Å². The highest BCUT2D eigenvalue weighted by Gasteiger charge is 2.45. The van der Waals surface area contributed by atoms with Crippen LogP contribution in [0.5, 0.6) is 5.75 Å². The molecule has 2 aliphatic rings. The first-order valence-corrected chi connectivity index (χ1v) is 23.2. The lowest BCUT2D eigenvalue weighted by Gasteiger charge is -2.42. The van der Waals surface area contributed by atoms with Gasteiger partial charge in [0.05, 0.1) is 5.69 Å². The summed E-state index contributed by atoms with van der Waals surface area (Å²) in [5.74, 6) is 0.820. The van der Waals surface area contributed by atoms with Crippen molar-refractivity contribution in [3.63, 3.8) is 0 Å². The maximum absolute atomic E-state index is 7.69. The first-order chi connectivity index (χ1) is 33.0. The molecule has 0 radical (unpaired) electrons. The van der Waals surface area contributed by atoms with Gasteiger partial charge in [0.1, 0.15) is 5.75 Å². The summed E-state index contributed by atoms with van der Waals surface area (Å²) in [5, 5.41) is 0. The smallest absolute Gasteiger partial charge is 0.185 e. The molecule has 0 saturated carbocycles. The van der Waals surface area contributed by atoms with Crippen molar-refractivity contribution in [1.29, 1.82) is 0 Å². The van der Waals surface area contributed by atoms with E-state index in [0.29, 0.717) is 0 Å². The summed E-state index contributed by atoms with van der Waals surface area (Å²) in [6, 6.07) is 91.7. The van der Waals surface area contributed by atoms with Crippen LogP contribution in [0.4, 0.5) is 34.1 Å². The maximum atomic E-state index is 7.69. The van der Waals surface area contributed by atoms with Crippen LogP contribution in [0.3, 0.4) is 0 Å². The Hall–Kier alpha value is -8.40. The molecule has 0 aromatic heterocycles. The molecule has 0 fully saturated rings. The molecule has 0 saturated heterocycles. The normalized spacial score (nSPS) is 15.0. The van der Waals surface area contributed by atoms with E-state index >= 15 is 0 Å². The number of benzene rings is 10. The molecule has 12 rings (SSSR count). The minimum Gasteiger partial charge on any atom is -0.472 e. The quantitative estimate of drug-likeness (QED) is 0.144. The number of hydrogen-bond donors (Lipinski definition) is 0. The Bertz CT molecular complexity index is 3360. The van der Waals surface area contributed by atoms with Crippen LogP contribution >= 0.6 is 0 Å². The van der Waals surface area contributed by atoms with Gasteiger partial charge in [0.25, 0.3) is 0 Å². The Balaban J connectivity index is 1.03. The summed E-state index contributed by atoms with van der Waals surface area (Å²) in [7, 11) is 0. The average molecular weight is 861 g/mol. The summed E-state index contributed by atoms with van der Waals surface area (Å²) < 4.78 is 7.69. The Kier molecular flexibility index (Phi) is 9.73. The molecule has 3 heteroatoms. The SMILES string of the molecule is CC1(C)c2ccccc2-c2cc(N(c3ccc(C4(c5ccccc5)Oc5cc(N(c6ccccc6)c6ccccc6)ccc5-c5ccccc54)cc3)c3ccccc3-c3ccccc3)ccc21. The fraction of sp³-hybridized carbons (Fsp3) is 0.0625. The van der Waals surface area contributed by atoms with Crippen molar-refractivity contribution in [3.05, 3.63) is 283 Å². The highest BCUT2D eigenvalue weighted by Crippen LogP contribution is 2.55. The number of rotatable bonds is 9. The standard InChI is InChI=1S/C64H48N2O/c1-63(2)58-32-18-15-31-55(58)57-43-51(40-42-59(57)63)66(61-34-20-17-29-53(61)45-21-7-3-8-22-45)50-37-35-47(36-38-50)64(46-23-9-4-10-24-46)60-33-19-16-30-54(60)56-41-39-52(44-62(56)67-64)65(48-25-11-5-12-26-48)49-27-13-6-14-28-49/h3-44H,1-2H3. The van der Waals surface area contributed by atoms with Crippen molar-refractivity contribution in [3.8, 4) is 39.1 Å². The molecule has 1 unspecified atom stereocenters. The Morgan fingerprint density at radius 1 is 0.313 bits per heavy atom. The Morgan fingerprint density at radius 3 is 1.45 bits per heavy atom. The van der Waals surface area contributed by atoms with Gasteiger partial charge in [-0.15, -0.1) is 0 Å². The van der Waals surface area contributed by atoms with Crippen molar-refractivity contribution < 1.29 is 4.74 Å². The van der Waals surface area contributed by atoms with E-state index in [1.54, 1.807) is 0 Å². The third-order valence-corrected chi connectivity index (χ3v) is 13.9. The predicted molar refractivity (Wildman–Crippen MR) is 278 cm³/mol. The zero-order valence-electron chi connectivity index (χ0n) is 37.6. The number of anilines is 6. The first kappa shape index (κ1) is 40.1. The van der Waals surface area contributed by atoms with Gasteiger partial charge in [0, 0.05) is 67.7 Å². The van der Waals surface area contributed by atoms with Crippen molar-refractivity contribution in [1.82, 2.24) is 0 Å². The molecule has 67 heavy (non-hydrogen) atoms. The van der Waals surface area contributed by atoms with Crippen LogP contribution in [0.1, 0.15) is 41.7 Å². The minimum atomic E-state index is -0.970. The van der Waals surface area contributed by atoms with Gasteiger partial charge in [-0.05, 0) is 100 Å². The van der Waals surface area contributed by atoms with E-state index < -0.39 is 5.60 Å². The molecule has 320 valence electrons. The van der Waals surface area contributed by atoms with Crippen molar-refractivity contribution in [2.24, 2.45) is 0 Å². The zero-order chi connectivity index (χ0) is 45.0. The van der Waals surface area contributed by atoms with E-state index in [4.69, 9.17) is 4.74 Å². The molecule has 3 nitrogen and oxygen atoms in total. The number of fused-ring (bicyclic) bond motifs is 6. The number of hydrogen-bond acceptors (Lipinski definition) is 3. The lowest BCUT2D eigenvalue weighted by Crippen LogP contribution is -2.38. The van der Waals surface area contributed by atoms with Gasteiger partial charge >= 0.3 is 0 Å². The van der Waals surface area contributed by atoms with Crippen LogP contribution in [0.2, 0.25) is 0 Å². The van der Waals surface area contributed by atoms with E-state index in [2.05, 4.69) is 278 Å². The average Bonchev–Trinajstić information content (AvgIpc) is 3.62. The van der Waals surface area contributed by atoms with E-state index in [0.717, 1.165) is 73.3 Å². The number of ether oxygens (including phenoxy) is 1. The topological polar surface area (TPSA) is 15.7 Å². The minimum absolute atomic E-state index is 0.0955. The largest absolute Gasteiger partial charge is 0.472 e. The van der Waals surface area contributed by atoms with Gasteiger partial charge in [-0.25, -0.2) is 0 Å². The van der Waals surface area contributed by atoms with Crippen LogP contribution in [-0.4, -0.2) is 0 Å². The van der Waals surface area contributed by atoms with Crippen LogP contribution in [0, 0.1) is 0 Å². The van der Waals surface area contributed by atoms with Crippen molar-refractivity contribution in [2.75, 3.05) is 9.80 Å². The van der Waals surface area contributed by atoms with Gasteiger partial charge < -0.3 is 14.5 Å². The molecule has 0 spiro atoms.